The van der Waals surface area contributed by atoms with Crippen molar-refractivity contribution in [3.63, 3.8) is 0 Å². The van der Waals surface area contributed by atoms with Crippen LogP contribution in [0.5, 0.6) is 0 Å². The van der Waals surface area contributed by atoms with Crippen LogP contribution in [0.4, 0.5) is 0 Å². The third-order valence-electron chi connectivity index (χ3n) is 7.49. The molecule has 0 amide bonds. The highest BCUT2D eigenvalue weighted by atomic mass is 16.1. The number of nitriles is 1. The first kappa shape index (κ1) is 28.1. The maximum absolute atomic E-state index is 13.7. The van der Waals surface area contributed by atoms with Gasteiger partial charge in [0.2, 0.25) is 5.78 Å². The Kier molecular flexibility index (Phi) is 10.3. The molecule has 0 aliphatic heterocycles. The van der Waals surface area contributed by atoms with E-state index in [2.05, 4.69) is 79.5 Å². The van der Waals surface area contributed by atoms with Gasteiger partial charge in [0.1, 0.15) is 0 Å². The molecule has 3 nitrogen and oxygen atoms in total. The zero-order valence-electron chi connectivity index (χ0n) is 23.4. The second-order valence-electron chi connectivity index (χ2n) is 10.5. The van der Waals surface area contributed by atoms with Gasteiger partial charge in [0.15, 0.2) is 0 Å². The Bertz CT molecular complexity index is 1370. The fourth-order valence-corrected chi connectivity index (χ4v) is 5.07. The molecule has 0 saturated heterocycles. The van der Waals surface area contributed by atoms with E-state index in [4.69, 9.17) is 5.26 Å². The summed E-state index contributed by atoms with van der Waals surface area (Å²) >= 11 is 0. The second kappa shape index (κ2) is 14.3. The standard InChI is InChI=1S/C36H40N2O/c1-3-5-7-9-11-27-13-19-30(20-14-27)33-25-34(31-21-15-28(16-22-31)12-10-8-6-4-2)38-35(33)36(39)32-23-17-29(26-37)18-24-32/h13-25,38H,3-12H2,1-2H3. The molecule has 0 atom stereocenters. The van der Waals surface area contributed by atoms with E-state index in [-0.39, 0.29) is 5.78 Å². The minimum Gasteiger partial charge on any atom is -0.351 e. The number of carbonyl (C=O) groups excluding carboxylic acids is 1. The Hall–Kier alpha value is -3.90. The van der Waals surface area contributed by atoms with Crippen molar-refractivity contribution in [3.8, 4) is 28.5 Å². The highest BCUT2D eigenvalue weighted by molar-refractivity contribution is 6.12. The maximum atomic E-state index is 13.7. The highest BCUT2D eigenvalue weighted by Gasteiger charge is 2.19. The van der Waals surface area contributed by atoms with E-state index >= 15 is 0 Å². The van der Waals surface area contributed by atoms with E-state index in [9.17, 15) is 4.79 Å². The number of aromatic amines is 1. The van der Waals surface area contributed by atoms with Crippen molar-refractivity contribution in [3.05, 3.63) is 107 Å². The van der Waals surface area contributed by atoms with Gasteiger partial charge in [0.05, 0.1) is 17.3 Å². The highest BCUT2D eigenvalue weighted by Crippen LogP contribution is 2.32. The van der Waals surface area contributed by atoms with Crippen molar-refractivity contribution in [2.24, 2.45) is 0 Å². The van der Waals surface area contributed by atoms with Gasteiger partial charge in [-0.3, -0.25) is 4.79 Å². The van der Waals surface area contributed by atoms with E-state index in [1.54, 1.807) is 24.3 Å². The molecule has 4 rings (SSSR count). The lowest BCUT2D eigenvalue weighted by Crippen LogP contribution is -2.04. The van der Waals surface area contributed by atoms with Gasteiger partial charge in [-0.2, -0.15) is 5.26 Å². The van der Waals surface area contributed by atoms with Crippen molar-refractivity contribution in [2.45, 2.75) is 78.1 Å². The van der Waals surface area contributed by atoms with Crippen molar-refractivity contribution in [1.82, 2.24) is 4.98 Å². The Morgan fingerprint density at radius 3 is 1.74 bits per heavy atom. The first-order chi connectivity index (χ1) is 19.1. The fraction of sp³-hybridized carbons (Fsp3) is 0.333. The summed E-state index contributed by atoms with van der Waals surface area (Å²) in [5, 5.41) is 9.16. The normalized spacial score (nSPS) is 10.9. The molecule has 0 spiro atoms. The Morgan fingerprint density at radius 2 is 1.23 bits per heavy atom. The molecular formula is C36H40N2O. The van der Waals surface area contributed by atoms with Gasteiger partial charge in [0, 0.05) is 16.8 Å². The first-order valence-corrected chi connectivity index (χ1v) is 14.6. The predicted molar refractivity (Wildman–Crippen MR) is 162 cm³/mol. The van der Waals surface area contributed by atoms with Gasteiger partial charge in [-0.15, -0.1) is 0 Å². The summed E-state index contributed by atoms with van der Waals surface area (Å²) in [7, 11) is 0. The number of aryl methyl sites for hydroxylation is 2. The number of unbranched alkanes of at least 4 members (excludes halogenated alkanes) is 6. The maximum Gasteiger partial charge on any atom is 0.209 e. The van der Waals surface area contributed by atoms with Crippen LogP contribution in [0.25, 0.3) is 22.4 Å². The molecule has 200 valence electrons. The summed E-state index contributed by atoms with van der Waals surface area (Å²) < 4.78 is 0. The second-order valence-corrected chi connectivity index (χ2v) is 10.5. The SMILES string of the molecule is CCCCCCc1ccc(-c2cc(-c3ccc(CCCCCC)cc3)c(C(=O)c3ccc(C#N)cc3)[nH]2)cc1. The van der Waals surface area contributed by atoms with E-state index in [0.29, 0.717) is 16.8 Å². The monoisotopic (exact) mass is 516 g/mol. The summed E-state index contributed by atoms with van der Waals surface area (Å²) in [5.41, 5.74) is 8.31. The molecule has 3 heteroatoms. The van der Waals surface area contributed by atoms with E-state index < -0.39 is 0 Å². The van der Waals surface area contributed by atoms with Crippen molar-refractivity contribution in [1.29, 1.82) is 5.26 Å². The van der Waals surface area contributed by atoms with Gasteiger partial charge in [-0.1, -0.05) is 101 Å². The molecule has 3 aromatic carbocycles. The Morgan fingerprint density at radius 1 is 0.692 bits per heavy atom. The number of carbonyl (C=O) groups is 1. The molecule has 4 aromatic rings. The fourth-order valence-electron chi connectivity index (χ4n) is 5.07. The van der Waals surface area contributed by atoms with Crippen molar-refractivity contribution in [2.75, 3.05) is 0 Å². The van der Waals surface area contributed by atoms with Gasteiger partial charge in [-0.05, 0) is 78.3 Å². The lowest BCUT2D eigenvalue weighted by atomic mass is 9.97. The first-order valence-electron chi connectivity index (χ1n) is 14.6. The van der Waals surface area contributed by atoms with Crippen LogP contribution in [0.2, 0.25) is 0 Å². The molecule has 1 N–H and O–H groups in total. The summed E-state index contributed by atoms with van der Waals surface area (Å²) in [5.74, 6) is -0.0723. The van der Waals surface area contributed by atoms with Crippen LogP contribution in [0.3, 0.4) is 0 Å². The molecule has 1 heterocycles. The number of nitrogens with one attached hydrogen (secondary N) is 1. The zero-order chi connectivity index (χ0) is 27.5. The molecule has 0 aliphatic carbocycles. The summed E-state index contributed by atoms with van der Waals surface area (Å²) in [6.45, 7) is 4.47. The van der Waals surface area contributed by atoms with E-state index in [0.717, 1.165) is 35.2 Å². The summed E-state index contributed by atoms with van der Waals surface area (Å²) in [4.78, 5) is 17.1. The number of rotatable bonds is 14. The minimum absolute atomic E-state index is 0.0723. The van der Waals surface area contributed by atoms with Crippen LogP contribution in [0.1, 0.15) is 98.0 Å². The summed E-state index contributed by atoms with van der Waals surface area (Å²) in [6.07, 6.45) is 12.2. The number of H-pyrrole nitrogens is 1. The topological polar surface area (TPSA) is 56.6 Å². The van der Waals surface area contributed by atoms with E-state index in [1.807, 2.05) is 0 Å². The average molecular weight is 517 g/mol. The van der Waals surface area contributed by atoms with Crippen LogP contribution in [0.15, 0.2) is 78.9 Å². The summed E-state index contributed by atoms with van der Waals surface area (Å²) in [6, 6.07) is 28.5. The van der Waals surface area contributed by atoms with Crippen LogP contribution in [-0.2, 0) is 12.8 Å². The molecule has 0 aliphatic rings. The zero-order valence-corrected chi connectivity index (χ0v) is 23.4. The van der Waals surface area contributed by atoms with Crippen LogP contribution in [0, 0.1) is 11.3 Å². The number of aromatic nitrogens is 1. The van der Waals surface area contributed by atoms with Crippen LogP contribution in [-0.4, -0.2) is 10.8 Å². The average Bonchev–Trinajstić information content (AvgIpc) is 3.43. The number of hydrogen-bond acceptors (Lipinski definition) is 2. The quantitative estimate of drug-likeness (QED) is 0.134. The minimum atomic E-state index is -0.0723. The molecule has 0 saturated carbocycles. The molecule has 0 unspecified atom stereocenters. The number of ketones is 1. The van der Waals surface area contributed by atoms with E-state index in [1.165, 1.54) is 62.5 Å². The number of benzene rings is 3. The molecule has 0 bridgehead atoms. The number of hydrogen-bond donors (Lipinski definition) is 1. The third-order valence-corrected chi connectivity index (χ3v) is 7.49. The van der Waals surface area contributed by atoms with Gasteiger partial charge in [0.25, 0.3) is 0 Å². The Labute approximate surface area is 233 Å². The lowest BCUT2D eigenvalue weighted by Gasteiger charge is -2.06. The molecular weight excluding hydrogens is 476 g/mol. The predicted octanol–water partition coefficient (Wildman–Crippen LogP) is 9.70. The smallest absolute Gasteiger partial charge is 0.209 e. The van der Waals surface area contributed by atoms with Crippen molar-refractivity contribution < 1.29 is 4.79 Å². The third kappa shape index (κ3) is 7.58. The molecule has 0 fully saturated rings. The van der Waals surface area contributed by atoms with Crippen LogP contribution >= 0.6 is 0 Å². The molecule has 1 aromatic heterocycles. The van der Waals surface area contributed by atoms with Crippen molar-refractivity contribution >= 4 is 5.78 Å². The van der Waals surface area contributed by atoms with Gasteiger partial charge >= 0.3 is 0 Å². The molecule has 0 radical (unpaired) electrons. The largest absolute Gasteiger partial charge is 0.351 e. The van der Waals surface area contributed by atoms with Crippen LogP contribution < -0.4 is 0 Å². The lowest BCUT2D eigenvalue weighted by molar-refractivity contribution is 0.103. The van der Waals surface area contributed by atoms with Gasteiger partial charge < -0.3 is 4.98 Å². The van der Waals surface area contributed by atoms with Gasteiger partial charge in [-0.25, -0.2) is 0 Å². The Balaban J connectivity index is 1.61. The number of nitrogens with zero attached hydrogens (tertiary/aromatic N) is 1. The molecule has 39 heavy (non-hydrogen) atoms.